The molecule has 0 aliphatic heterocycles. The van der Waals surface area contributed by atoms with Crippen molar-refractivity contribution in [1.82, 2.24) is 4.90 Å². The van der Waals surface area contributed by atoms with Crippen molar-refractivity contribution in [3.05, 3.63) is 108 Å². The number of hydrogen-bond acceptors (Lipinski definition) is 7. The van der Waals surface area contributed by atoms with Gasteiger partial charge in [0.1, 0.15) is 0 Å². The average Bonchev–Trinajstić information content (AvgIpc) is 3.19. The predicted octanol–water partition coefficient (Wildman–Crippen LogP) is 11.7. The van der Waals surface area contributed by atoms with Crippen molar-refractivity contribution < 1.29 is 23.8 Å². The molecule has 3 rings (SSSR count). The molecular formula is C47H73N2O5P. The number of nitrogens with zero attached hydrogens (tertiary/aromatic N) is 2. The minimum absolute atomic E-state index is 0.103. The Morgan fingerprint density at radius 1 is 0.582 bits per heavy atom. The van der Waals surface area contributed by atoms with Crippen molar-refractivity contribution in [3.63, 3.8) is 0 Å². The van der Waals surface area contributed by atoms with E-state index < -0.39 is 24.4 Å². The summed E-state index contributed by atoms with van der Waals surface area (Å²) in [4.78, 5) is 27.2. The Bertz CT molecular complexity index is 1390. The maximum absolute atomic E-state index is 12.6. The Balaban J connectivity index is 1.97. The molecule has 0 bridgehead atoms. The summed E-state index contributed by atoms with van der Waals surface area (Å²) in [5, 5.41) is 12.1. The predicted molar refractivity (Wildman–Crippen MR) is 230 cm³/mol. The first-order chi connectivity index (χ1) is 26.6. The molecule has 0 spiro atoms. The summed E-state index contributed by atoms with van der Waals surface area (Å²) in [7, 11) is -2.33. The summed E-state index contributed by atoms with van der Waals surface area (Å²) in [5.41, 5.74) is -3.39. The normalized spacial score (nSPS) is 14.0. The van der Waals surface area contributed by atoms with E-state index in [1.807, 2.05) is 124 Å². The number of methoxy groups -OCH3 is 2. The molecule has 0 saturated carbocycles. The van der Waals surface area contributed by atoms with E-state index in [-0.39, 0.29) is 18.7 Å². The SMILES string of the molecule is CCCCCCCCCCCCCCCCCO[PH](O)(O)C(OC)(OC)C(C#N)(N(C(C)C)C(C)C)C(c1ccccc1)(c1ccccc1)c1ccccc1. The van der Waals surface area contributed by atoms with Gasteiger partial charge in [0.25, 0.3) is 0 Å². The molecule has 3 aromatic carbocycles. The third kappa shape index (κ3) is 10.6. The van der Waals surface area contributed by atoms with Gasteiger partial charge in [-0.05, 0) is 0 Å². The van der Waals surface area contributed by atoms with Crippen LogP contribution in [0.25, 0.3) is 0 Å². The van der Waals surface area contributed by atoms with Crippen LogP contribution in [-0.4, -0.2) is 58.7 Å². The van der Waals surface area contributed by atoms with Crippen molar-refractivity contribution in [1.29, 1.82) is 5.26 Å². The summed E-state index contributed by atoms with van der Waals surface area (Å²) < 4.78 is 19.0. The zero-order valence-corrected chi connectivity index (χ0v) is 36.1. The van der Waals surface area contributed by atoms with Crippen LogP contribution in [0.1, 0.15) is 148 Å². The summed E-state index contributed by atoms with van der Waals surface area (Å²) in [5.74, 6) is 0. The molecule has 3 aromatic rings. The quantitative estimate of drug-likeness (QED) is 0.0328. The Morgan fingerprint density at radius 2 is 0.909 bits per heavy atom. The number of benzene rings is 3. The average molecular weight is 777 g/mol. The van der Waals surface area contributed by atoms with E-state index in [2.05, 4.69) is 13.0 Å². The summed E-state index contributed by atoms with van der Waals surface area (Å²) in [6.45, 7) is 10.4. The Morgan fingerprint density at radius 3 is 1.20 bits per heavy atom. The monoisotopic (exact) mass is 777 g/mol. The topological polar surface area (TPSA) is 95.2 Å². The van der Waals surface area contributed by atoms with Crippen LogP contribution in [0.5, 0.6) is 0 Å². The molecule has 55 heavy (non-hydrogen) atoms. The zero-order chi connectivity index (χ0) is 40.2. The summed E-state index contributed by atoms with van der Waals surface area (Å²) >= 11 is 0. The summed E-state index contributed by atoms with van der Waals surface area (Å²) in [6, 6.07) is 31.7. The minimum atomic E-state index is -5.12. The fourth-order valence-corrected chi connectivity index (χ4v) is 11.0. The van der Waals surface area contributed by atoms with Gasteiger partial charge in [-0.2, -0.15) is 0 Å². The van der Waals surface area contributed by atoms with Crippen molar-refractivity contribution >= 4 is 7.94 Å². The molecule has 7 nitrogen and oxygen atoms in total. The van der Waals surface area contributed by atoms with Gasteiger partial charge in [-0.25, -0.2) is 0 Å². The van der Waals surface area contributed by atoms with Crippen LogP contribution in [0.15, 0.2) is 91.0 Å². The van der Waals surface area contributed by atoms with Gasteiger partial charge in [0, 0.05) is 0 Å². The molecule has 2 N–H and O–H groups in total. The van der Waals surface area contributed by atoms with Crippen LogP contribution >= 0.6 is 7.94 Å². The second-order valence-electron chi connectivity index (χ2n) is 15.7. The second-order valence-corrected chi connectivity index (χ2v) is 17.9. The molecule has 0 fully saturated rings. The van der Waals surface area contributed by atoms with Gasteiger partial charge >= 0.3 is 297 Å². The molecule has 0 heterocycles. The Labute approximate surface area is 335 Å². The van der Waals surface area contributed by atoms with E-state index in [0.29, 0.717) is 6.42 Å². The number of unbranched alkanes of at least 4 members (excludes halogenated alkanes) is 14. The van der Waals surface area contributed by atoms with Crippen LogP contribution in [-0.2, 0) is 19.4 Å². The van der Waals surface area contributed by atoms with Crippen molar-refractivity contribution in [2.24, 2.45) is 0 Å². The van der Waals surface area contributed by atoms with E-state index >= 15 is 0 Å². The van der Waals surface area contributed by atoms with Crippen LogP contribution in [0.3, 0.4) is 0 Å². The first-order valence-corrected chi connectivity index (χ1v) is 22.9. The van der Waals surface area contributed by atoms with Gasteiger partial charge < -0.3 is 0 Å². The third-order valence-electron chi connectivity index (χ3n) is 11.4. The number of nitriles is 1. The van der Waals surface area contributed by atoms with Gasteiger partial charge in [-0.3, -0.25) is 0 Å². The van der Waals surface area contributed by atoms with E-state index in [4.69, 9.17) is 14.0 Å². The molecule has 8 heteroatoms. The summed E-state index contributed by atoms with van der Waals surface area (Å²) in [6.07, 6.45) is 18.4. The molecule has 0 aliphatic carbocycles. The molecule has 0 amide bonds. The van der Waals surface area contributed by atoms with E-state index in [1.165, 1.54) is 84.8 Å². The van der Waals surface area contributed by atoms with E-state index in [9.17, 15) is 15.0 Å². The standard InChI is InChI=1S/C47H73N2O5P/c1-8-9-10-11-12-13-14-15-16-17-18-19-20-21-31-38-54-55(50,51)47(52-6,53-7)45(39-48,49(40(2)3)41(4)5)46(42-32-25-22-26-33-42,43-34-27-23-28-35-43)44-36-29-24-30-37-44/h22-30,32-37,40-41,50-51,55H,8-21,31,38H2,1-7H3. The number of hydrogen-bond donors (Lipinski definition) is 2. The third-order valence-corrected chi connectivity index (χ3v) is 13.6. The molecule has 0 aliphatic rings. The van der Waals surface area contributed by atoms with Crippen molar-refractivity contribution in [2.75, 3.05) is 20.8 Å². The van der Waals surface area contributed by atoms with Gasteiger partial charge in [0.2, 0.25) is 0 Å². The fraction of sp³-hybridized carbons (Fsp3) is 0.596. The van der Waals surface area contributed by atoms with E-state index in [0.717, 1.165) is 36.0 Å². The van der Waals surface area contributed by atoms with Crippen molar-refractivity contribution in [3.8, 4) is 6.07 Å². The molecule has 1 unspecified atom stereocenters. The van der Waals surface area contributed by atoms with Gasteiger partial charge in [0.15, 0.2) is 0 Å². The van der Waals surface area contributed by atoms with Crippen LogP contribution in [0, 0.1) is 11.3 Å². The van der Waals surface area contributed by atoms with Gasteiger partial charge in [0.05, 0.1) is 0 Å². The molecule has 0 aromatic heterocycles. The Hall–Kier alpha value is -2.66. The number of rotatable bonds is 28. The van der Waals surface area contributed by atoms with Crippen molar-refractivity contribution in [2.45, 2.75) is 159 Å². The van der Waals surface area contributed by atoms with Crippen LogP contribution < -0.4 is 0 Å². The molecule has 306 valence electrons. The van der Waals surface area contributed by atoms with Crippen LogP contribution in [0.2, 0.25) is 0 Å². The van der Waals surface area contributed by atoms with Gasteiger partial charge in [-0.15, -0.1) is 0 Å². The molecular weight excluding hydrogens is 703 g/mol. The Kier molecular flexibility index (Phi) is 20.0. The molecule has 0 radical (unpaired) electrons. The number of ether oxygens (including phenoxy) is 2. The first-order valence-electron chi connectivity index (χ1n) is 21.1. The fourth-order valence-electron chi connectivity index (χ4n) is 9.05. The maximum atomic E-state index is 12.6. The zero-order valence-electron chi connectivity index (χ0n) is 35.1. The van der Waals surface area contributed by atoms with Gasteiger partial charge in [-0.1, -0.05) is 39.0 Å². The molecule has 0 saturated heterocycles. The van der Waals surface area contributed by atoms with Crippen LogP contribution in [0.4, 0.5) is 0 Å². The first kappa shape index (κ1) is 46.7. The van der Waals surface area contributed by atoms with E-state index in [1.54, 1.807) is 0 Å². The second kappa shape index (κ2) is 23.5. The molecule has 1 atom stereocenters.